The molecule has 2 saturated heterocycles. The highest BCUT2D eigenvalue weighted by atomic mass is 16.5. The summed E-state index contributed by atoms with van der Waals surface area (Å²) in [5.41, 5.74) is 0.484. The molecule has 0 unspecified atom stereocenters. The third-order valence-corrected chi connectivity index (χ3v) is 2.89. The second kappa shape index (κ2) is 2.26. The van der Waals surface area contributed by atoms with Crippen molar-refractivity contribution in [2.75, 3.05) is 31.2 Å². The summed E-state index contributed by atoms with van der Waals surface area (Å²) < 4.78 is 7.06. The van der Waals surface area contributed by atoms with E-state index in [0.717, 1.165) is 32.1 Å². The summed E-state index contributed by atoms with van der Waals surface area (Å²) in [5.74, 6) is 1.10. The van der Waals surface area contributed by atoms with Crippen LogP contribution in [0.15, 0.2) is 12.3 Å². The van der Waals surface area contributed by atoms with Gasteiger partial charge in [-0.1, -0.05) is 0 Å². The molecule has 2 aliphatic heterocycles. The van der Waals surface area contributed by atoms with Gasteiger partial charge in [-0.05, 0) is 0 Å². The second-order valence-electron chi connectivity index (χ2n) is 4.20. The molecule has 70 valence electrons. The van der Waals surface area contributed by atoms with Gasteiger partial charge in [0.1, 0.15) is 0 Å². The van der Waals surface area contributed by atoms with E-state index < -0.39 is 0 Å². The molecule has 0 radical (unpaired) electrons. The molecule has 13 heavy (non-hydrogen) atoms. The normalized spacial score (nSPS) is 24.2. The van der Waals surface area contributed by atoms with Gasteiger partial charge in [-0.15, -0.1) is 0 Å². The Labute approximate surface area is 77.1 Å². The first kappa shape index (κ1) is 7.38. The van der Waals surface area contributed by atoms with Gasteiger partial charge in [-0.25, -0.2) is 0 Å². The molecule has 0 aliphatic carbocycles. The van der Waals surface area contributed by atoms with Crippen molar-refractivity contribution < 1.29 is 4.74 Å². The molecule has 0 saturated carbocycles. The van der Waals surface area contributed by atoms with Gasteiger partial charge in [0.15, 0.2) is 5.82 Å². The summed E-state index contributed by atoms with van der Waals surface area (Å²) in [4.78, 5) is 2.31. The monoisotopic (exact) mass is 179 g/mol. The number of aromatic nitrogens is 2. The molecule has 1 aromatic heterocycles. The first-order valence-electron chi connectivity index (χ1n) is 4.60. The molecule has 0 atom stereocenters. The molecule has 2 fully saturated rings. The smallest absolute Gasteiger partial charge is 0.150 e. The van der Waals surface area contributed by atoms with E-state index in [1.807, 2.05) is 17.9 Å². The Morgan fingerprint density at radius 3 is 2.69 bits per heavy atom. The van der Waals surface area contributed by atoms with E-state index >= 15 is 0 Å². The Hall–Kier alpha value is -1.03. The van der Waals surface area contributed by atoms with Crippen molar-refractivity contribution in [2.45, 2.75) is 0 Å². The van der Waals surface area contributed by atoms with Crippen LogP contribution in [0.2, 0.25) is 0 Å². The fraction of sp³-hybridized carbons (Fsp3) is 0.667. The Bertz CT molecular complexity index is 321. The fourth-order valence-electron chi connectivity index (χ4n) is 2.07. The Morgan fingerprint density at radius 1 is 1.46 bits per heavy atom. The summed E-state index contributed by atoms with van der Waals surface area (Å²) >= 11 is 0. The molecule has 0 aromatic carbocycles. The molecule has 2 aliphatic rings. The fourth-order valence-corrected chi connectivity index (χ4v) is 2.07. The predicted molar refractivity (Wildman–Crippen MR) is 48.7 cm³/mol. The van der Waals surface area contributed by atoms with E-state index in [0.29, 0.717) is 5.41 Å². The Morgan fingerprint density at radius 2 is 2.23 bits per heavy atom. The average molecular weight is 179 g/mol. The van der Waals surface area contributed by atoms with Crippen molar-refractivity contribution in [3.63, 3.8) is 0 Å². The molecule has 3 heterocycles. The van der Waals surface area contributed by atoms with Crippen molar-refractivity contribution in [1.29, 1.82) is 0 Å². The lowest BCUT2D eigenvalue weighted by molar-refractivity contribution is -0.127. The third kappa shape index (κ3) is 0.983. The summed E-state index contributed by atoms with van der Waals surface area (Å²) in [5, 5.41) is 4.36. The number of anilines is 1. The van der Waals surface area contributed by atoms with Crippen molar-refractivity contribution in [2.24, 2.45) is 12.5 Å². The van der Waals surface area contributed by atoms with Crippen LogP contribution >= 0.6 is 0 Å². The minimum absolute atomic E-state index is 0.484. The van der Waals surface area contributed by atoms with Crippen LogP contribution in [0.25, 0.3) is 0 Å². The molecule has 4 nitrogen and oxygen atoms in total. The molecule has 4 heteroatoms. The van der Waals surface area contributed by atoms with Crippen molar-refractivity contribution in [1.82, 2.24) is 9.78 Å². The van der Waals surface area contributed by atoms with E-state index in [9.17, 15) is 0 Å². The number of ether oxygens (including phenoxy) is 1. The van der Waals surface area contributed by atoms with Crippen LogP contribution in [-0.2, 0) is 11.8 Å². The van der Waals surface area contributed by atoms with Gasteiger partial charge in [0.25, 0.3) is 0 Å². The van der Waals surface area contributed by atoms with Gasteiger partial charge in [-0.2, -0.15) is 5.10 Å². The topological polar surface area (TPSA) is 30.3 Å². The van der Waals surface area contributed by atoms with Gasteiger partial charge < -0.3 is 9.64 Å². The van der Waals surface area contributed by atoms with Crippen molar-refractivity contribution in [3.8, 4) is 0 Å². The van der Waals surface area contributed by atoms with Crippen LogP contribution < -0.4 is 4.90 Å². The summed E-state index contributed by atoms with van der Waals surface area (Å²) in [7, 11) is 1.95. The van der Waals surface area contributed by atoms with E-state index in [4.69, 9.17) is 4.74 Å². The molecule has 1 aromatic rings. The summed E-state index contributed by atoms with van der Waals surface area (Å²) in [6.45, 7) is 4.11. The first-order valence-corrected chi connectivity index (χ1v) is 4.60. The third-order valence-electron chi connectivity index (χ3n) is 2.89. The number of hydrogen-bond acceptors (Lipinski definition) is 3. The maximum absolute atomic E-state index is 5.22. The van der Waals surface area contributed by atoms with Crippen molar-refractivity contribution >= 4 is 5.82 Å². The van der Waals surface area contributed by atoms with Crippen LogP contribution in [-0.4, -0.2) is 36.1 Å². The second-order valence-corrected chi connectivity index (χ2v) is 4.20. The number of hydrogen-bond donors (Lipinski definition) is 0. The highest BCUT2D eigenvalue weighted by Crippen LogP contribution is 2.39. The van der Waals surface area contributed by atoms with Gasteiger partial charge in [0.2, 0.25) is 0 Å². The molecule has 0 bridgehead atoms. The zero-order valence-corrected chi connectivity index (χ0v) is 7.73. The molecular formula is C9H13N3O. The standard InChI is InChI=1S/C9H13N3O/c1-11-3-2-8(10-11)12-4-9(5-12)6-13-7-9/h2-3H,4-7H2,1H3. The van der Waals surface area contributed by atoms with E-state index in [-0.39, 0.29) is 0 Å². The maximum Gasteiger partial charge on any atom is 0.150 e. The predicted octanol–water partition coefficient (Wildman–Crippen LogP) is 0.257. The Kier molecular flexibility index (Phi) is 1.28. The Balaban J connectivity index is 1.70. The van der Waals surface area contributed by atoms with Crippen molar-refractivity contribution in [3.05, 3.63) is 12.3 Å². The SMILES string of the molecule is Cn1ccc(N2CC3(COC3)C2)n1. The molecule has 0 amide bonds. The largest absolute Gasteiger partial charge is 0.380 e. The molecular weight excluding hydrogens is 166 g/mol. The van der Waals surface area contributed by atoms with E-state index in [1.165, 1.54) is 0 Å². The maximum atomic E-state index is 5.22. The highest BCUT2D eigenvalue weighted by Gasteiger charge is 2.49. The van der Waals surface area contributed by atoms with Gasteiger partial charge in [0.05, 0.1) is 18.6 Å². The summed E-state index contributed by atoms with van der Waals surface area (Å²) in [6.07, 6.45) is 1.98. The van der Waals surface area contributed by atoms with Crippen LogP contribution in [0.4, 0.5) is 5.82 Å². The lowest BCUT2D eigenvalue weighted by atomic mass is 9.78. The number of nitrogens with zero attached hydrogens (tertiary/aromatic N) is 3. The summed E-state index contributed by atoms with van der Waals surface area (Å²) in [6, 6.07) is 2.06. The minimum Gasteiger partial charge on any atom is -0.380 e. The highest BCUT2D eigenvalue weighted by molar-refractivity contribution is 5.42. The number of rotatable bonds is 1. The van der Waals surface area contributed by atoms with Gasteiger partial charge in [-0.3, -0.25) is 4.68 Å². The average Bonchev–Trinajstić information content (AvgIpc) is 2.29. The first-order chi connectivity index (χ1) is 6.27. The van der Waals surface area contributed by atoms with Crippen LogP contribution in [0.1, 0.15) is 0 Å². The zero-order chi connectivity index (χ0) is 8.89. The minimum atomic E-state index is 0.484. The lowest BCUT2D eigenvalue weighted by Gasteiger charge is -2.55. The van der Waals surface area contributed by atoms with E-state index in [2.05, 4.69) is 16.1 Å². The lowest BCUT2D eigenvalue weighted by Crippen LogP contribution is -2.66. The van der Waals surface area contributed by atoms with Crippen LogP contribution in [0.5, 0.6) is 0 Å². The van der Waals surface area contributed by atoms with Crippen LogP contribution in [0, 0.1) is 5.41 Å². The van der Waals surface area contributed by atoms with Gasteiger partial charge in [0, 0.05) is 32.4 Å². The van der Waals surface area contributed by atoms with E-state index in [1.54, 1.807) is 0 Å². The quantitative estimate of drug-likeness (QED) is 0.619. The zero-order valence-electron chi connectivity index (χ0n) is 7.73. The van der Waals surface area contributed by atoms with Crippen LogP contribution in [0.3, 0.4) is 0 Å². The molecule has 3 rings (SSSR count). The molecule has 0 N–H and O–H groups in total. The number of aryl methyl sites for hydroxylation is 1. The van der Waals surface area contributed by atoms with Gasteiger partial charge >= 0.3 is 0 Å². The molecule has 1 spiro atoms.